The SMILES string of the molecule is CN(C)C(=O)N1CCOC(c2ccccc2)C1. The Bertz CT molecular complexity index is 378. The molecule has 0 saturated carbocycles. The number of carbonyl (C=O) groups excluding carboxylic acids is 1. The van der Waals surface area contributed by atoms with Crippen molar-refractivity contribution in [3.8, 4) is 0 Å². The van der Waals surface area contributed by atoms with Gasteiger partial charge in [0.1, 0.15) is 6.10 Å². The van der Waals surface area contributed by atoms with Gasteiger partial charge in [0.2, 0.25) is 0 Å². The molecule has 1 aromatic carbocycles. The minimum absolute atomic E-state index is 0.00569. The van der Waals surface area contributed by atoms with Gasteiger partial charge in [-0.2, -0.15) is 0 Å². The van der Waals surface area contributed by atoms with Crippen molar-refractivity contribution in [2.75, 3.05) is 33.8 Å². The summed E-state index contributed by atoms with van der Waals surface area (Å²) >= 11 is 0. The van der Waals surface area contributed by atoms with Crippen LogP contribution in [0.4, 0.5) is 4.79 Å². The Kier molecular flexibility index (Phi) is 3.64. The van der Waals surface area contributed by atoms with Crippen LogP contribution in [0.15, 0.2) is 30.3 Å². The van der Waals surface area contributed by atoms with Crippen LogP contribution in [0.25, 0.3) is 0 Å². The molecule has 1 aliphatic rings. The van der Waals surface area contributed by atoms with Gasteiger partial charge in [-0.25, -0.2) is 4.79 Å². The summed E-state index contributed by atoms with van der Waals surface area (Å²) in [5.74, 6) is 0. The lowest BCUT2D eigenvalue weighted by molar-refractivity contribution is -0.0188. The summed E-state index contributed by atoms with van der Waals surface area (Å²) in [5, 5.41) is 0. The third kappa shape index (κ3) is 2.77. The average Bonchev–Trinajstić information content (AvgIpc) is 2.39. The van der Waals surface area contributed by atoms with E-state index in [9.17, 15) is 4.79 Å². The molecule has 1 saturated heterocycles. The molecule has 2 rings (SSSR count). The first-order valence-corrected chi connectivity index (χ1v) is 5.81. The maximum atomic E-state index is 11.9. The van der Waals surface area contributed by atoms with Crippen LogP contribution in [0.1, 0.15) is 11.7 Å². The lowest BCUT2D eigenvalue weighted by Gasteiger charge is -2.34. The van der Waals surface area contributed by atoms with E-state index in [4.69, 9.17) is 4.74 Å². The Labute approximate surface area is 102 Å². The van der Waals surface area contributed by atoms with Crippen molar-refractivity contribution in [1.82, 2.24) is 9.80 Å². The molecule has 1 unspecified atom stereocenters. The summed E-state index contributed by atoms with van der Waals surface area (Å²) in [4.78, 5) is 15.3. The minimum atomic E-state index is -0.00569. The summed E-state index contributed by atoms with van der Waals surface area (Å²) in [5.41, 5.74) is 1.13. The highest BCUT2D eigenvalue weighted by atomic mass is 16.5. The Balaban J connectivity index is 2.05. The van der Waals surface area contributed by atoms with Crippen LogP contribution >= 0.6 is 0 Å². The number of rotatable bonds is 1. The smallest absolute Gasteiger partial charge is 0.319 e. The molecule has 0 spiro atoms. The van der Waals surface area contributed by atoms with Crippen LogP contribution < -0.4 is 0 Å². The summed E-state index contributed by atoms with van der Waals surface area (Å²) in [7, 11) is 3.55. The molecular formula is C13H18N2O2. The molecule has 1 heterocycles. The monoisotopic (exact) mass is 234 g/mol. The number of benzene rings is 1. The van der Waals surface area contributed by atoms with E-state index >= 15 is 0 Å². The molecule has 0 N–H and O–H groups in total. The number of morpholine rings is 1. The fourth-order valence-corrected chi connectivity index (χ4v) is 1.98. The van der Waals surface area contributed by atoms with Crippen LogP contribution in [-0.4, -0.2) is 49.6 Å². The Morgan fingerprint density at radius 3 is 2.71 bits per heavy atom. The van der Waals surface area contributed by atoms with E-state index in [1.165, 1.54) is 0 Å². The second-order valence-electron chi connectivity index (χ2n) is 4.39. The Morgan fingerprint density at radius 2 is 2.06 bits per heavy atom. The van der Waals surface area contributed by atoms with Crippen LogP contribution in [0.2, 0.25) is 0 Å². The average molecular weight is 234 g/mol. The summed E-state index contributed by atoms with van der Waals surface area (Å²) < 4.78 is 5.71. The third-order valence-electron chi connectivity index (χ3n) is 2.89. The highest BCUT2D eigenvalue weighted by Crippen LogP contribution is 2.22. The number of ether oxygens (including phenoxy) is 1. The van der Waals surface area contributed by atoms with Crippen LogP contribution in [0.5, 0.6) is 0 Å². The van der Waals surface area contributed by atoms with Gasteiger partial charge in [0.05, 0.1) is 13.2 Å². The highest BCUT2D eigenvalue weighted by Gasteiger charge is 2.25. The van der Waals surface area contributed by atoms with Gasteiger partial charge in [-0.1, -0.05) is 30.3 Å². The van der Waals surface area contributed by atoms with Gasteiger partial charge >= 0.3 is 6.03 Å². The molecule has 92 valence electrons. The van der Waals surface area contributed by atoms with Gasteiger partial charge in [0.15, 0.2) is 0 Å². The molecule has 1 aromatic rings. The maximum absolute atomic E-state index is 11.9. The largest absolute Gasteiger partial charge is 0.370 e. The van der Waals surface area contributed by atoms with Gasteiger partial charge in [-0.15, -0.1) is 0 Å². The number of hydrogen-bond acceptors (Lipinski definition) is 2. The number of amides is 2. The van der Waals surface area contributed by atoms with Crippen molar-refractivity contribution < 1.29 is 9.53 Å². The fraction of sp³-hybridized carbons (Fsp3) is 0.462. The molecule has 1 atom stereocenters. The van der Waals surface area contributed by atoms with Gasteiger partial charge in [-0.05, 0) is 5.56 Å². The normalized spacial score (nSPS) is 20.1. The van der Waals surface area contributed by atoms with Crippen molar-refractivity contribution in [2.24, 2.45) is 0 Å². The van der Waals surface area contributed by atoms with Crippen molar-refractivity contribution >= 4 is 6.03 Å². The first-order chi connectivity index (χ1) is 8.18. The van der Waals surface area contributed by atoms with Gasteiger partial charge in [-0.3, -0.25) is 0 Å². The molecule has 1 fully saturated rings. The van der Waals surface area contributed by atoms with E-state index in [2.05, 4.69) is 0 Å². The highest BCUT2D eigenvalue weighted by molar-refractivity contribution is 5.73. The van der Waals surface area contributed by atoms with Crippen molar-refractivity contribution in [3.63, 3.8) is 0 Å². The molecule has 0 aliphatic carbocycles. The molecular weight excluding hydrogens is 216 g/mol. The van der Waals surface area contributed by atoms with Gasteiger partial charge in [0.25, 0.3) is 0 Å². The zero-order valence-corrected chi connectivity index (χ0v) is 10.3. The molecule has 2 amide bonds. The lowest BCUT2D eigenvalue weighted by Crippen LogP contribution is -2.46. The second kappa shape index (κ2) is 5.19. The molecule has 0 bridgehead atoms. The summed E-state index contributed by atoms with van der Waals surface area (Å²) in [6.45, 7) is 1.89. The zero-order valence-electron chi connectivity index (χ0n) is 10.3. The predicted octanol–water partition coefficient (Wildman–Crippen LogP) is 1.74. The van der Waals surface area contributed by atoms with E-state index in [0.29, 0.717) is 19.7 Å². The molecule has 4 heteroatoms. The van der Waals surface area contributed by atoms with E-state index in [0.717, 1.165) is 5.56 Å². The standard InChI is InChI=1S/C13H18N2O2/c1-14(2)13(16)15-8-9-17-12(10-15)11-6-4-3-5-7-11/h3-7,12H,8-10H2,1-2H3. The Morgan fingerprint density at radius 1 is 1.35 bits per heavy atom. The van der Waals surface area contributed by atoms with Crippen molar-refractivity contribution in [3.05, 3.63) is 35.9 Å². The molecule has 1 aliphatic heterocycles. The van der Waals surface area contributed by atoms with E-state index in [-0.39, 0.29) is 12.1 Å². The van der Waals surface area contributed by atoms with Crippen LogP contribution in [0, 0.1) is 0 Å². The topological polar surface area (TPSA) is 32.8 Å². The van der Waals surface area contributed by atoms with Gasteiger partial charge < -0.3 is 14.5 Å². The van der Waals surface area contributed by atoms with Crippen LogP contribution in [0.3, 0.4) is 0 Å². The van der Waals surface area contributed by atoms with E-state index in [1.807, 2.05) is 35.2 Å². The molecule has 0 radical (unpaired) electrons. The molecule has 17 heavy (non-hydrogen) atoms. The summed E-state index contributed by atoms with van der Waals surface area (Å²) in [6.07, 6.45) is -0.00569. The quantitative estimate of drug-likeness (QED) is 0.741. The van der Waals surface area contributed by atoms with Gasteiger partial charge in [0, 0.05) is 20.6 Å². The maximum Gasteiger partial charge on any atom is 0.319 e. The first-order valence-electron chi connectivity index (χ1n) is 5.81. The molecule has 4 nitrogen and oxygen atoms in total. The zero-order chi connectivity index (χ0) is 12.3. The van der Waals surface area contributed by atoms with Crippen LogP contribution in [-0.2, 0) is 4.74 Å². The minimum Gasteiger partial charge on any atom is -0.370 e. The molecule has 0 aromatic heterocycles. The number of nitrogens with zero attached hydrogens (tertiary/aromatic N) is 2. The lowest BCUT2D eigenvalue weighted by atomic mass is 10.1. The second-order valence-corrected chi connectivity index (χ2v) is 4.39. The number of carbonyl (C=O) groups is 1. The summed E-state index contributed by atoms with van der Waals surface area (Å²) in [6, 6.07) is 10.1. The first kappa shape index (κ1) is 11.9. The van der Waals surface area contributed by atoms with Crippen molar-refractivity contribution in [2.45, 2.75) is 6.10 Å². The number of hydrogen-bond donors (Lipinski definition) is 0. The van der Waals surface area contributed by atoms with E-state index < -0.39 is 0 Å². The third-order valence-corrected chi connectivity index (χ3v) is 2.89. The number of urea groups is 1. The van der Waals surface area contributed by atoms with E-state index in [1.54, 1.807) is 19.0 Å². The van der Waals surface area contributed by atoms with Crippen molar-refractivity contribution in [1.29, 1.82) is 0 Å². The Hall–Kier alpha value is -1.55. The fourth-order valence-electron chi connectivity index (χ4n) is 1.98. The predicted molar refractivity (Wildman–Crippen MR) is 65.8 cm³/mol.